The number of nitrogens with one attached hydrogen (secondary N) is 1. The first-order valence-corrected chi connectivity index (χ1v) is 9.38. The van der Waals surface area contributed by atoms with Gasteiger partial charge in [0.05, 0.1) is 6.04 Å². The van der Waals surface area contributed by atoms with E-state index in [9.17, 15) is 9.59 Å². The fourth-order valence-corrected chi connectivity index (χ4v) is 3.22. The molecule has 1 aliphatic rings. The summed E-state index contributed by atoms with van der Waals surface area (Å²) in [6.07, 6.45) is 10.9. The maximum atomic E-state index is 12.3. The smallest absolute Gasteiger partial charge is 0.303 e. The van der Waals surface area contributed by atoms with E-state index in [1.807, 2.05) is 0 Å². The van der Waals surface area contributed by atoms with Gasteiger partial charge >= 0.3 is 5.97 Å². The van der Waals surface area contributed by atoms with Gasteiger partial charge in [0.15, 0.2) is 0 Å². The van der Waals surface area contributed by atoms with E-state index in [1.54, 1.807) is 0 Å². The van der Waals surface area contributed by atoms with Crippen molar-refractivity contribution in [1.29, 1.82) is 0 Å². The monoisotopic (exact) mass is 326 g/mol. The number of carbonyl (C=O) groups is 2. The molecular formula is C18H34N2O3. The Morgan fingerprint density at radius 2 is 1.83 bits per heavy atom. The van der Waals surface area contributed by atoms with Crippen LogP contribution in [0.1, 0.15) is 77.6 Å². The lowest BCUT2D eigenvalue weighted by Gasteiger charge is -2.23. The van der Waals surface area contributed by atoms with Gasteiger partial charge in [0.25, 0.3) is 0 Å². The van der Waals surface area contributed by atoms with Crippen LogP contribution in [0.25, 0.3) is 0 Å². The predicted octanol–water partition coefficient (Wildman–Crippen LogP) is 3.18. The van der Waals surface area contributed by atoms with E-state index >= 15 is 0 Å². The fraction of sp³-hybridized carbons (Fsp3) is 0.889. The number of carboxylic acids is 1. The number of amides is 1. The topological polar surface area (TPSA) is 69.6 Å². The number of nitrogens with zero attached hydrogens (tertiary/aromatic N) is 1. The van der Waals surface area contributed by atoms with Crippen LogP contribution in [0.4, 0.5) is 0 Å². The highest BCUT2D eigenvalue weighted by Crippen LogP contribution is 2.18. The number of carboxylic acid groups (broad SMARTS) is 1. The molecule has 1 rings (SSSR count). The second-order valence-electron chi connectivity index (χ2n) is 6.60. The summed E-state index contributed by atoms with van der Waals surface area (Å²) in [7, 11) is 0. The summed E-state index contributed by atoms with van der Waals surface area (Å²) in [6, 6.07) is 0.0557. The van der Waals surface area contributed by atoms with Crippen molar-refractivity contribution < 1.29 is 14.7 Å². The maximum Gasteiger partial charge on any atom is 0.303 e. The molecule has 0 saturated carbocycles. The van der Waals surface area contributed by atoms with Crippen LogP contribution in [-0.4, -0.2) is 47.6 Å². The summed E-state index contributed by atoms with van der Waals surface area (Å²) in [4.78, 5) is 25.0. The van der Waals surface area contributed by atoms with Crippen molar-refractivity contribution >= 4 is 11.9 Å². The van der Waals surface area contributed by atoms with Gasteiger partial charge in [-0.3, -0.25) is 14.5 Å². The van der Waals surface area contributed by atoms with Crippen LogP contribution in [0.2, 0.25) is 0 Å². The SMILES string of the molecule is CCCCCCNC(=O)C1CCCN1CCCCCCC(=O)O. The van der Waals surface area contributed by atoms with Gasteiger partial charge in [-0.15, -0.1) is 0 Å². The second kappa shape index (κ2) is 12.3. The minimum Gasteiger partial charge on any atom is -0.481 e. The lowest BCUT2D eigenvalue weighted by atomic mass is 10.1. The van der Waals surface area contributed by atoms with Crippen LogP contribution in [-0.2, 0) is 9.59 Å². The fourth-order valence-electron chi connectivity index (χ4n) is 3.22. The van der Waals surface area contributed by atoms with Gasteiger partial charge in [-0.1, -0.05) is 39.0 Å². The average molecular weight is 326 g/mol. The molecule has 5 heteroatoms. The molecule has 1 atom stereocenters. The van der Waals surface area contributed by atoms with Gasteiger partial charge in [-0.25, -0.2) is 0 Å². The Morgan fingerprint density at radius 3 is 2.57 bits per heavy atom. The van der Waals surface area contributed by atoms with E-state index in [-0.39, 0.29) is 18.4 Å². The van der Waals surface area contributed by atoms with Crippen molar-refractivity contribution in [2.45, 2.75) is 83.6 Å². The minimum atomic E-state index is -0.708. The van der Waals surface area contributed by atoms with Crippen molar-refractivity contribution in [2.24, 2.45) is 0 Å². The molecule has 1 unspecified atom stereocenters. The van der Waals surface area contributed by atoms with Crippen molar-refractivity contribution in [3.05, 3.63) is 0 Å². The van der Waals surface area contributed by atoms with Crippen molar-refractivity contribution in [3.63, 3.8) is 0 Å². The number of unbranched alkanes of at least 4 members (excludes halogenated alkanes) is 6. The van der Waals surface area contributed by atoms with Crippen LogP contribution < -0.4 is 5.32 Å². The van der Waals surface area contributed by atoms with E-state index < -0.39 is 5.97 Å². The van der Waals surface area contributed by atoms with E-state index in [1.165, 1.54) is 19.3 Å². The summed E-state index contributed by atoms with van der Waals surface area (Å²) in [6.45, 7) is 4.97. The van der Waals surface area contributed by atoms with E-state index in [2.05, 4.69) is 17.1 Å². The summed E-state index contributed by atoms with van der Waals surface area (Å²) < 4.78 is 0. The van der Waals surface area contributed by atoms with Gasteiger partial charge in [-0.05, 0) is 45.2 Å². The van der Waals surface area contributed by atoms with Gasteiger partial charge in [0.1, 0.15) is 0 Å². The third kappa shape index (κ3) is 8.94. The Hall–Kier alpha value is -1.10. The third-order valence-corrected chi connectivity index (χ3v) is 4.58. The Labute approximate surface area is 140 Å². The van der Waals surface area contributed by atoms with E-state index in [0.29, 0.717) is 0 Å². The van der Waals surface area contributed by atoms with Crippen LogP contribution in [0.5, 0.6) is 0 Å². The van der Waals surface area contributed by atoms with Crippen molar-refractivity contribution in [1.82, 2.24) is 10.2 Å². The number of hydrogen-bond acceptors (Lipinski definition) is 3. The van der Waals surface area contributed by atoms with Gasteiger partial charge < -0.3 is 10.4 Å². The van der Waals surface area contributed by atoms with Crippen molar-refractivity contribution in [2.75, 3.05) is 19.6 Å². The molecule has 0 aromatic rings. The molecule has 0 aromatic heterocycles. The van der Waals surface area contributed by atoms with Crippen LogP contribution in [0.3, 0.4) is 0 Å². The zero-order valence-corrected chi connectivity index (χ0v) is 14.7. The third-order valence-electron chi connectivity index (χ3n) is 4.58. The number of rotatable bonds is 13. The predicted molar refractivity (Wildman–Crippen MR) is 92.5 cm³/mol. The highest BCUT2D eigenvalue weighted by atomic mass is 16.4. The Balaban J connectivity index is 2.12. The summed E-state index contributed by atoms with van der Waals surface area (Å²) in [5, 5.41) is 11.7. The van der Waals surface area contributed by atoms with Crippen LogP contribution in [0.15, 0.2) is 0 Å². The maximum absolute atomic E-state index is 12.3. The largest absolute Gasteiger partial charge is 0.481 e. The molecule has 134 valence electrons. The molecule has 2 N–H and O–H groups in total. The number of likely N-dealkylation sites (tertiary alicyclic amines) is 1. The Bertz CT molecular complexity index is 347. The first-order chi connectivity index (χ1) is 11.1. The number of carbonyl (C=O) groups excluding carboxylic acids is 1. The normalized spacial score (nSPS) is 18.2. The standard InChI is InChI=1S/C18H34N2O3/c1-2-3-4-8-13-19-18(23)16-11-10-15-20(16)14-9-6-5-7-12-17(21)22/h16H,2-15H2,1H3,(H,19,23)(H,21,22). The molecule has 0 radical (unpaired) electrons. The summed E-state index contributed by atoms with van der Waals surface area (Å²) >= 11 is 0. The molecule has 1 fully saturated rings. The lowest BCUT2D eigenvalue weighted by molar-refractivity contribution is -0.137. The lowest BCUT2D eigenvalue weighted by Crippen LogP contribution is -2.43. The molecule has 0 bridgehead atoms. The van der Waals surface area contributed by atoms with Crippen molar-refractivity contribution in [3.8, 4) is 0 Å². The van der Waals surface area contributed by atoms with Gasteiger partial charge in [-0.2, -0.15) is 0 Å². The molecule has 23 heavy (non-hydrogen) atoms. The highest BCUT2D eigenvalue weighted by molar-refractivity contribution is 5.82. The van der Waals surface area contributed by atoms with Crippen LogP contribution >= 0.6 is 0 Å². The van der Waals surface area contributed by atoms with Gasteiger partial charge in [0.2, 0.25) is 5.91 Å². The number of hydrogen-bond donors (Lipinski definition) is 2. The molecule has 1 amide bonds. The first-order valence-electron chi connectivity index (χ1n) is 9.38. The molecule has 0 aromatic carbocycles. The summed E-state index contributed by atoms with van der Waals surface area (Å²) in [5.74, 6) is -0.509. The molecule has 1 saturated heterocycles. The quantitative estimate of drug-likeness (QED) is 0.510. The molecule has 0 aliphatic carbocycles. The van der Waals surface area contributed by atoms with Gasteiger partial charge in [0, 0.05) is 13.0 Å². The molecular weight excluding hydrogens is 292 g/mol. The zero-order chi connectivity index (χ0) is 16.9. The Kier molecular flexibility index (Phi) is 10.7. The second-order valence-corrected chi connectivity index (χ2v) is 6.60. The van der Waals surface area contributed by atoms with E-state index in [0.717, 1.165) is 64.6 Å². The Morgan fingerprint density at radius 1 is 1.09 bits per heavy atom. The first kappa shape index (κ1) is 19.9. The minimum absolute atomic E-state index is 0.0557. The highest BCUT2D eigenvalue weighted by Gasteiger charge is 2.29. The summed E-state index contributed by atoms with van der Waals surface area (Å²) in [5.41, 5.74) is 0. The molecule has 1 heterocycles. The number of aliphatic carboxylic acids is 1. The van der Waals surface area contributed by atoms with Crippen LogP contribution in [0, 0.1) is 0 Å². The molecule has 0 spiro atoms. The molecule has 1 aliphatic heterocycles. The van der Waals surface area contributed by atoms with E-state index in [4.69, 9.17) is 5.11 Å². The molecule has 5 nitrogen and oxygen atoms in total. The average Bonchev–Trinajstić information content (AvgIpc) is 2.98. The zero-order valence-electron chi connectivity index (χ0n) is 14.7.